The Labute approximate surface area is 114 Å². The topological polar surface area (TPSA) is 83.7 Å². The Morgan fingerprint density at radius 1 is 1.58 bits per heavy atom. The van der Waals surface area contributed by atoms with Gasteiger partial charge in [-0.15, -0.1) is 0 Å². The van der Waals surface area contributed by atoms with Crippen LogP contribution in [0, 0.1) is 10.1 Å². The number of carboxylic acid groups (broad SMARTS) is 1. The number of nitrogens with zero attached hydrogens (tertiary/aromatic N) is 2. The van der Waals surface area contributed by atoms with Crippen molar-refractivity contribution < 1.29 is 14.8 Å². The minimum Gasteiger partial charge on any atom is -0.478 e. The third-order valence-corrected chi connectivity index (χ3v) is 4.29. The van der Waals surface area contributed by atoms with Gasteiger partial charge in [0.05, 0.1) is 16.2 Å². The van der Waals surface area contributed by atoms with Crippen LogP contribution < -0.4 is 4.90 Å². The molecule has 1 saturated heterocycles. The summed E-state index contributed by atoms with van der Waals surface area (Å²) in [4.78, 5) is 23.5. The second-order valence-electron chi connectivity index (χ2n) is 4.38. The van der Waals surface area contributed by atoms with Gasteiger partial charge in [0, 0.05) is 36.2 Å². The molecule has 1 aromatic rings. The van der Waals surface area contributed by atoms with Gasteiger partial charge in [0.2, 0.25) is 0 Å². The molecule has 102 valence electrons. The highest BCUT2D eigenvalue weighted by Gasteiger charge is 2.25. The molecule has 0 saturated carbocycles. The maximum absolute atomic E-state index is 11.3. The van der Waals surface area contributed by atoms with Crippen molar-refractivity contribution in [2.45, 2.75) is 13.0 Å². The fraction of sp³-hybridized carbons (Fsp3) is 0.417. The van der Waals surface area contributed by atoms with E-state index in [-0.39, 0.29) is 17.3 Å². The lowest BCUT2D eigenvalue weighted by molar-refractivity contribution is -0.384. The van der Waals surface area contributed by atoms with E-state index in [0.717, 1.165) is 11.5 Å². The third kappa shape index (κ3) is 2.81. The lowest BCUT2D eigenvalue weighted by atomic mass is 10.1. The largest absolute Gasteiger partial charge is 0.478 e. The SMILES string of the molecule is CC1CSCCN1c1cc([N+](=O)[O-])ccc1C(=O)O. The summed E-state index contributed by atoms with van der Waals surface area (Å²) in [6.45, 7) is 2.70. The number of rotatable bonds is 3. The molecule has 1 heterocycles. The Bertz CT molecular complexity index is 520. The predicted octanol–water partition coefficient (Wildman–Crippen LogP) is 2.23. The molecule has 1 N–H and O–H groups in total. The smallest absolute Gasteiger partial charge is 0.337 e. The fourth-order valence-corrected chi connectivity index (χ4v) is 3.15. The molecule has 1 atom stereocenters. The van der Waals surface area contributed by atoms with Crippen LogP contribution in [0.1, 0.15) is 17.3 Å². The first-order valence-corrected chi connectivity index (χ1v) is 7.02. The average molecular weight is 282 g/mol. The highest BCUT2D eigenvalue weighted by molar-refractivity contribution is 7.99. The van der Waals surface area contributed by atoms with Crippen LogP contribution in [0.2, 0.25) is 0 Å². The zero-order valence-corrected chi connectivity index (χ0v) is 11.2. The second-order valence-corrected chi connectivity index (χ2v) is 5.53. The number of carbonyl (C=O) groups is 1. The van der Waals surface area contributed by atoms with Gasteiger partial charge in [-0.25, -0.2) is 4.79 Å². The van der Waals surface area contributed by atoms with E-state index < -0.39 is 10.9 Å². The van der Waals surface area contributed by atoms with Gasteiger partial charge in [-0.2, -0.15) is 11.8 Å². The number of hydrogen-bond acceptors (Lipinski definition) is 5. The molecule has 0 bridgehead atoms. The van der Waals surface area contributed by atoms with Crippen molar-refractivity contribution in [3.63, 3.8) is 0 Å². The molecule has 6 nitrogen and oxygen atoms in total. The highest BCUT2D eigenvalue weighted by atomic mass is 32.2. The van der Waals surface area contributed by atoms with Crippen molar-refractivity contribution in [2.24, 2.45) is 0 Å². The zero-order chi connectivity index (χ0) is 14.0. The van der Waals surface area contributed by atoms with Gasteiger partial charge in [0.25, 0.3) is 5.69 Å². The number of nitro groups is 1. The lowest BCUT2D eigenvalue weighted by Crippen LogP contribution is -2.41. The minimum atomic E-state index is -1.06. The Morgan fingerprint density at radius 3 is 2.89 bits per heavy atom. The summed E-state index contributed by atoms with van der Waals surface area (Å²) in [7, 11) is 0. The lowest BCUT2D eigenvalue weighted by Gasteiger charge is -2.35. The van der Waals surface area contributed by atoms with Crippen molar-refractivity contribution in [1.82, 2.24) is 0 Å². The number of non-ortho nitro benzene ring substituents is 1. The molecule has 1 aliphatic rings. The molecule has 0 aliphatic carbocycles. The molecule has 2 rings (SSSR count). The van der Waals surface area contributed by atoms with Gasteiger partial charge in [0.1, 0.15) is 0 Å². The number of benzene rings is 1. The highest BCUT2D eigenvalue weighted by Crippen LogP contribution is 2.30. The van der Waals surface area contributed by atoms with E-state index in [9.17, 15) is 20.0 Å². The molecule has 1 aromatic carbocycles. The first-order chi connectivity index (χ1) is 9.00. The zero-order valence-electron chi connectivity index (χ0n) is 10.4. The molecule has 0 aromatic heterocycles. The summed E-state index contributed by atoms with van der Waals surface area (Å²) >= 11 is 1.80. The standard InChI is InChI=1S/C12H14N2O4S/c1-8-7-19-5-4-13(8)11-6-9(14(17)18)2-3-10(11)12(15)16/h2-3,6,8H,4-5,7H2,1H3,(H,15,16). The van der Waals surface area contributed by atoms with Crippen LogP contribution in [0.3, 0.4) is 0 Å². The van der Waals surface area contributed by atoms with E-state index in [1.165, 1.54) is 18.2 Å². The van der Waals surface area contributed by atoms with Crippen LogP contribution in [0.25, 0.3) is 0 Å². The first-order valence-electron chi connectivity index (χ1n) is 5.87. The molecule has 7 heteroatoms. The first kappa shape index (κ1) is 13.7. The number of thioether (sulfide) groups is 1. The Balaban J connectivity index is 2.47. The quantitative estimate of drug-likeness (QED) is 0.676. The van der Waals surface area contributed by atoms with E-state index in [0.29, 0.717) is 12.2 Å². The van der Waals surface area contributed by atoms with Gasteiger partial charge in [-0.3, -0.25) is 10.1 Å². The number of nitro benzene ring substituents is 1. The van der Waals surface area contributed by atoms with Crippen LogP contribution in [-0.4, -0.2) is 40.1 Å². The van der Waals surface area contributed by atoms with E-state index in [4.69, 9.17) is 0 Å². The van der Waals surface area contributed by atoms with Crippen molar-refractivity contribution in [1.29, 1.82) is 0 Å². The van der Waals surface area contributed by atoms with Gasteiger partial charge in [0.15, 0.2) is 0 Å². The number of hydrogen-bond donors (Lipinski definition) is 1. The normalized spacial score (nSPS) is 19.2. The molecular weight excluding hydrogens is 268 g/mol. The van der Waals surface area contributed by atoms with Crippen molar-refractivity contribution in [2.75, 3.05) is 23.0 Å². The Morgan fingerprint density at radius 2 is 2.32 bits per heavy atom. The van der Waals surface area contributed by atoms with Crippen LogP contribution in [0.5, 0.6) is 0 Å². The monoisotopic (exact) mass is 282 g/mol. The van der Waals surface area contributed by atoms with E-state index in [1.807, 2.05) is 11.8 Å². The van der Waals surface area contributed by atoms with Gasteiger partial charge in [-0.05, 0) is 13.0 Å². The summed E-state index contributed by atoms with van der Waals surface area (Å²) in [5.74, 6) is 0.726. The summed E-state index contributed by atoms with van der Waals surface area (Å²) < 4.78 is 0. The molecule has 0 radical (unpaired) electrons. The fourth-order valence-electron chi connectivity index (χ4n) is 2.14. The molecule has 0 amide bonds. The molecule has 1 unspecified atom stereocenters. The molecule has 1 fully saturated rings. The summed E-state index contributed by atoms with van der Waals surface area (Å²) in [5.41, 5.74) is 0.476. The van der Waals surface area contributed by atoms with Crippen LogP contribution in [0.4, 0.5) is 11.4 Å². The number of aromatic carboxylic acids is 1. The summed E-state index contributed by atoms with van der Waals surface area (Å²) in [6.07, 6.45) is 0. The van der Waals surface area contributed by atoms with E-state index >= 15 is 0 Å². The van der Waals surface area contributed by atoms with Crippen LogP contribution >= 0.6 is 11.8 Å². The molecule has 0 spiro atoms. The molecular formula is C12H14N2O4S. The van der Waals surface area contributed by atoms with Gasteiger partial charge >= 0.3 is 5.97 Å². The Hall–Kier alpha value is -1.76. The summed E-state index contributed by atoms with van der Waals surface area (Å²) in [6, 6.07) is 4.06. The Kier molecular flexibility index (Phi) is 3.94. The maximum atomic E-state index is 11.3. The van der Waals surface area contributed by atoms with Gasteiger partial charge < -0.3 is 10.0 Å². The van der Waals surface area contributed by atoms with Crippen molar-refractivity contribution in [3.05, 3.63) is 33.9 Å². The van der Waals surface area contributed by atoms with Crippen molar-refractivity contribution in [3.8, 4) is 0 Å². The van der Waals surface area contributed by atoms with Crippen molar-refractivity contribution >= 4 is 29.1 Å². The second kappa shape index (κ2) is 5.48. The maximum Gasteiger partial charge on any atom is 0.337 e. The molecule has 1 aliphatic heterocycles. The summed E-state index contributed by atoms with van der Waals surface area (Å²) in [5, 5.41) is 20.0. The van der Waals surface area contributed by atoms with E-state index in [2.05, 4.69) is 0 Å². The predicted molar refractivity (Wildman–Crippen MR) is 74.2 cm³/mol. The van der Waals surface area contributed by atoms with Crippen LogP contribution in [-0.2, 0) is 0 Å². The third-order valence-electron chi connectivity index (χ3n) is 3.10. The van der Waals surface area contributed by atoms with Gasteiger partial charge in [-0.1, -0.05) is 0 Å². The average Bonchev–Trinajstić information content (AvgIpc) is 2.38. The van der Waals surface area contributed by atoms with E-state index in [1.54, 1.807) is 11.8 Å². The number of carboxylic acids is 1. The van der Waals surface area contributed by atoms with Crippen LogP contribution in [0.15, 0.2) is 18.2 Å². The molecule has 19 heavy (non-hydrogen) atoms. The number of anilines is 1. The minimum absolute atomic E-state index is 0.0783.